The first-order valence-corrected chi connectivity index (χ1v) is 15.2. The Bertz CT molecular complexity index is 1190. The summed E-state index contributed by atoms with van der Waals surface area (Å²) in [6.45, 7) is 6.40. The van der Waals surface area contributed by atoms with Crippen LogP contribution >= 0.6 is 0 Å². The van der Waals surface area contributed by atoms with Crippen molar-refractivity contribution in [2.75, 3.05) is 19.0 Å². The number of aliphatic hydroxyl groups excluding tert-OH is 1. The summed E-state index contributed by atoms with van der Waals surface area (Å²) in [6.07, 6.45) is 0.311. The zero-order valence-corrected chi connectivity index (χ0v) is 22.5. The molecule has 0 fully saturated rings. The van der Waals surface area contributed by atoms with Gasteiger partial charge >= 0.3 is 0 Å². The van der Waals surface area contributed by atoms with Crippen molar-refractivity contribution in [1.82, 2.24) is 4.72 Å². The van der Waals surface area contributed by atoms with E-state index in [4.69, 9.17) is 0 Å². The van der Waals surface area contributed by atoms with Gasteiger partial charge in [0.25, 0.3) is 0 Å². The lowest BCUT2D eigenvalue weighted by atomic mass is 10.2. The summed E-state index contributed by atoms with van der Waals surface area (Å²) in [5.74, 6) is -0.183. The van der Waals surface area contributed by atoms with Crippen LogP contribution < -0.4 is 20.4 Å². The van der Waals surface area contributed by atoms with Gasteiger partial charge in [0.05, 0.1) is 4.90 Å². The molecule has 35 heavy (non-hydrogen) atoms. The molecule has 186 valence electrons. The highest BCUT2D eigenvalue weighted by Crippen LogP contribution is 2.45. The molecule has 0 saturated heterocycles. The molecule has 0 spiro atoms. The van der Waals surface area contributed by atoms with Gasteiger partial charge in [0.15, 0.2) is 0 Å². The maximum absolute atomic E-state index is 14.0. The highest BCUT2D eigenvalue weighted by atomic mass is 32.2. The van der Waals surface area contributed by atoms with Crippen molar-refractivity contribution in [3.63, 3.8) is 0 Å². The van der Waals surface area contributed by atoms with Gasteiger partial charge in [-0.15, -0.1) is 0 Å². The molecule has 8 heteroatoms. The second-order valence-electron chi connectivity index (χ2n) is 9.58. The van der Waals surface area contributed by atoms with E-state index in [1.54, 1.807) is 12.1 Å². The first-order chi connectivity index (χ1) is 16.6. The number of amides is 1. The predicted molar refractivity (Wildman–Crippen MR) is 144 cm³/mol. The Hall–Kier alpha value is -2.78. The van der Waals surface area contributed by atoms with Gasteiger partial charge in [-0.25, -0.2) is 13.1 Å². The molecule has 0 heterocycles. The van der Waals surface area contributed by atoms with E-state index in [0.717, 1.165) is 10.4 Å². The van der Waals surface area contributed by atoms with E-state index in [9.17, 15) is 18.3 Å². The largest absolute Gasteiger partial charge is 0.396 e. The van der Waals surface area contributed by atoms with Gasteiger partial charge in [0.2, 0.25) is 15.9 Å². The van der Waals surface area contributed by atoms with Crippen molar-refractivity contribution in [2.24, 2.45) is 0 Å². The standard InChI is InChI=1S/C27H34N2O4SSi/c1-27(2,3)35(23-11-7-5-8-12-23,24-13-9-6-10-14-24)25(19-20-30)26(31)29-21-15-17-22(18-16-21)34(32,33)28-4/h5-18,25,28,30H,19-20H2,1-4H3,(H,29,31)/t25-/m0/s1. The van der Waals surface area contributed by atoms with E-state index in [0.29, 0.717) is 12.1 Å². The normalized spacial score (nSPS) is 13.3. The average Bonchev–Trinajstić information content (AvgIpc) is 2.84. The summed E-state index contributed by atoms with van der Waals surface area (Å²) in [4.78, 5) is 14.1. The van der Waals surface area contributed by atoms with Crippen LogP contribution in [0.4, 0.5) is 5.69 Å². The molecule has 0 aromatic heterocycles. The van der Waals surface area contributed by atoms with Crippen molar-refractivity contribution in [2.45, 2.75) is 42.7 Å². The summed E-state index contributed by atoms with van der Waals surface area (Å²) < 4.78 is 26.4. The number of nitrogens with one attached hydrogen (secondary N) is 2. The van der Waals surface area contributed by atoms with Crippen molar-refractivity contribution in [3.8, 4) is 0 Å². The fourth-order valence-corrected chi connectivity index (χ4v) is 12.2. The Labute approximate surface area is 209 Å². The number of anilines is 1. The van der Waals surface area contributed by atoms with Crippen molar-refractivity contribution in [3.05, 3.63) is 84.9 Å². The van der Waals surface area contributed by atoms with Crippen LogP contribution in [-0.4, -0.2) is 41.2 Å². The van der Waals surface area contributed by atoms with E-state index in [-0.39, 0.29) is 22.4 Å². The number of carbonyl (C=O) groups excluding carboxylic acids is 1. The summed E-state index contributed by atoms with van der Waals surface area (Å²) in [5.41, 5.74) is 0.0314. The van der Waals surface area contributed by atoms with Crippen molar-refractivity contribution >= 4 is 40.1 Å². The van der Waals surface area contributed by atoms with Crippen molar-refractivity contribution < 1.29 is 18.3 Å². The van der Waals surface area contributed by atoms with Crippen molar-refractivity contribution in [1.29, 1.82) is 0 Å². The molecule has 0 radical (unpaired) electrons. The number of hydrogen-bond acceptors (Lipinski definition) is 4. The topological polar surface area (TPSA) is 95.5 Å². The lowest BCUT2D eigenvalue weighted by molar-refractivity contribution is -0.116. The molecule has 3 aromatic rings. The molecule has 1 atom stereocenters. The minimum atomic E-state index is -3.57. The summed E-state index contributed by atoms with van der Waals surface area (Å²) in [7, 11) is -5.06. The minimum Gasteiger partial charge on any atom is -0.396 e. The van der Waals surface area contributed by atoms with Gasteiger partial charge in [0, 0.05) is 17.8 Å². The van der Waals surface area contributed by atoms with Gasteiger partial charge in [-0.2, -0.15) is 0 Å². The number of benzene rings is 3. The molecule has 6 nitrogen and oxygen atoms in total. The van der Waals surface area contributed by atoms with Crippen LogP contribution in [-0.2, 0) is 14.8 Å². The molecule has 0 unspecified atom stereocenters. The molecule has 0 aliphatic rings. The molecule has 3 N–H and O–H groups in total. The van der Waals surface area contributed by atoms with Gasteiger partial charge in [-0.3, -0.25) is 4.79 Å². The number of sulfonamides is 1. The number of hydrogen-bond donors (Lipinski definition) is 3. The zero-order chi connectivity index (χ0) is 25.7. The zero-order valence-electron chi connectivity index (χ0n) is 20.7. The maximum atomic E-state index is 14.0. The van der Waals surface area contributed by atoms with Crippen LogP contribution in [0.3, 0.4) is 0 Å². The third-order valence-electron chi connectivity index (χ3n) is 6.60. The third-order valence-corrected chi connectivity index (χ3v) is 14.5. The SMILES string of the molecule is CNS(=O)(=O)c1ccc(NC(=O)[C@H](CCO)[Si](c2ccccc2)(c2ccccc2)C(C)(C)C)cc1. The van der Waals surface area contributed by atoms with Crippen LogP contribution in [0.25, 0.3) is 0 Å². The molecular weight excluding hydrogens is 476 g/mol. The molecule has 0 aliphatic carbocycles. The summed E-state index contributed by atoms with van der Waals surface area (Å²) in [5, 5.41) is 15.1. The molecule has 0 aliphatic heterocycles. The van der Waals surface area contributed by atoms with E-state index in [1.165, 1.54) is 19.2 Å². The Morgan fingerprint density at radius 2 is 1.37 bits per heavy atom. The monoisotopic (exact) mass is 510 g/mol. The minimum absolute atomic E-state index is 0.122. The van der Waals surface area contributed by atoms with E-state index < -0.39 is 23.6 Å². The van der Waals surface area contributed by atoms with E-state index >= 15 is 0 Å². The molecular formula is C27H34N2O4SSi. The highest BCUT2D eigenvalue weighted by molar-refractivity contribution is 7.89. The van der Waals surface area contributed by atoms with E-state index in [1.807, 2.05) is 36.4 Å². The Balaban J connectivity index is 2.13. The maximum Gasteiger partial charge on any atom is 0.240 e. The molecule has 1 amide bonds. The first kappa shape index (κ1) is 26.8. The number of aliphatic hydroxyl groups is 1. The van der Waals surface area contributed by atoms with Gasteiger partial charge < -0.3 is 10.4 Å². The Kier molecular flexibility index (Phi) is 8.32. The fraction of sp³-hybridized carbons (Fsp3) is 0.296. The van der Waals surface area contributed by atoms with Gasteiger partial charge in [-0.05, 0) is 42.8 Å². The molecule has 3 aromatic carbocycles. The second kappa shape index (κ2) is 10.9. The molecule has 3 rings (SSSR count). The summed E-state index contributed by atoms with van der Waals surface area (Å²) in [6, 6.07) is 26.4. The van der Waals surface area contributed by atoms with Gasteiger partial charge in [0.1, 0.15) is 8.07 Å². The molecule has 0 saturated carbocycles. The smallest absolute Gasteiger partial charge is 0.240 e. The van der Waals surface area contributed by atoms with Crippen LogP contribution in [0.2, 0.25) is 10.6 Å². The lowest BCUT2D eigenvalue weighted by Gasteiger charge is -2.48. The van der Waals surface area contributed by atoms with E-state index in [2.05, 4.69) is 55.1 Å². The predicted octanol–water partition coefficient (Wildman–Crippen LogP) is 3.35. The van der Waals surface area contributed by atoms with Crippen LogP contribution in [0, 0.1) is 0 Å². The van der Waals surface area contributed by atoms with Gasteiger partial charge in [-0.1, -0.05) is 91.8 Å². The fourth-order valence-electron chi connectivity index (χ4n) is 5.10. The Morgan fingerprint density at radius 3 is 1.77 bits per heavy atom. The molecule has 0 bridgehead atoms. The number of carbonyl (C=O) groups is 1. The quantitative estimate of drug-likeness (QED) is 0.385. The van der Waals surface area contributed by atoms with Crippen LogP contribution in [0.15, 0.2) is 89.8 Å². The highest BCUT2D eigenvalue weighted by Gasteiger charge is 2.55. The number of rotatable bonds is 9. The lowest BCUT2D eigenvalue weighted by Crippen LogP contribution is -2.69. The Morgan fingerprint density at radius 1 is 0.886 bits per heavy atom. The first-order valence-electron chi connectivity index (χ1n) is 11.6. The second-order valence-corrected chi connectivity index (χ2v) is 16.4. The summed E-state index contributed by atoms with van der Waals surface area (Å²) >= 11 is 0. The average molecular weight is 511 g/mol. The third kappa shape index (κ3) is 5.40. The van der Waals surface area contributed by atoms with Crippen LogP contribution in [0.5, 0.6) is 0 Å². The van der Waals surface area contributed by atoms with Crippen LogP contribution in [0.1, 0.15) is 27.2 Å².